The molecule has 0 bridgehead atoms. The number of H-pyrrole nitrogens is 1. The molecule has 1 amide bonds. The summed E-state index contributed by atoms with van der Waals surface area (Å²) < 4.78 is 5.17. The third-order valence-electron chi connectivity index (χ3n) is 5.92. The van der Waals surface area contributed by atoms with E-state index in [0.717, 1.165) is 36.5 Å². The van der Waals surface area contributed by atoms with Crippen LogP contribution in [0.3, 0.4) is 0 Å². The van der Waals surface area contributed by atoms with E-state index in [9.17, 15) is 4.79 Å². The Kier molecular flexibility index (Phi) is 5.76. The number of amides is 1. The molecule has 3 aromatic carbocycles. The van der Waals surface area contributed by atoms with Crippen molar-refractivity contribution in [2.45, 2.75) is 19.5 Å². The monoisotopic (exact) mass is 439 g/mol. The number of benzene rings is 3. The number of hydrogen-bond acceptors (Lipinski definition) is 5. The Morgan fingerprint density at radius 2 is 1.79 bits per heavy atom. The summed E-state index contributed by atoms with van der Waals surface area (Å²) in [6, 6.07) is 23.9. The van der Waals surface area contributed by atoms with Crippen LogP contribution in [0.25, 0.3) is 11.4 Å². The number of rotatable bonds is 6. The minimum Gasteiger partial charge on any atom is -0.497 e. The summed E-state index contributed by atoms with van der Waals surface area (Å²) in [5, 5.41) is 10.0. The zero-order chi connectivity index (χ0) is 22.6. The van der Waals surface area contributed by atoms with Gasteiger partial charge in [-0.3, -0.25) is 9.89 Å². The molecule has 1 aliphatic heterocycles. The van der Waals surface area contributed by atoms with E-state index >= 15 is 0 Å². The van der Waals surface area contributed by atoms with Gasteiger partial charge in [0.1, 0.15) is 11.6 Å². The van der Waals surface area contributed by atoms with Crippen LogP contribution in [0.15, 0.2) is 72.8 Å². The quantitative estimate of drug-likeness (QED) is 0.475. The van der Waals surface area contributed by atoms with Crippen LogP contribution in [0.4, 0.5) is 5.69 Å². The Morgan fingerprint density at radius 1 is 1.03 bits per heavy atom. The number of fused-ring (bicyclic) bond motifs is 1. The second kappa shape index (κ2) is 9.16. The third kappa shape index (κ3) is 4.57. The number of nitrogens with one attached hydrogen (secondary N) is 2. The highest BCUT2D eigenvalue weighted by atomic mass is 16.5. The van der Waals surface area contributed by atoms with Crippen molar-refractivity contribution in [2.24, 2.45) is 0 Å². The molecule has 0 unspecified atom stereocenters. The first kappa shape index (κ1) is 20.8. The zero-order valence-corrected chi connectivity index (χ0v) is 18.4. The Balaban J connectivity index is 1.18. The molecule has 166 valence electrons. The second-order valence-corrected chi connectivity index (χ2v) is 8.00. The molecular formula is C26H25N5O2. The lowest BCUT2D eigenvalue weighted by molar-refractivity contribution is 0.0950. The van der Waals surface area contributed by atoms with Crippen LogP contribution in [0, 0.1) is 0 Å². The van der Waals surface area contributed by atoms with Crippen molar-refractivity contribution in [3.05, 3.63) is 95.3 Å². The summed E-state index contributed by atoms with van der Waals surface area (Å²) in [5.74, 6) is 1.80. The van der Waals surface area contributed by atoms with Crippen molar-refractivity contribution in [1.29, 1.82) is 0 Å². The van der Waals surface area contributed by atoms with Crippen LogP contribution in [0.2, 0.25) is 0 Å². The Labute approximate surface area is 192 Å². The summed E-state index contributed by atoms with van der Waals surface area (Å²) in [7, 11) is 1.63. The molecule has 5 rings (SSSR count). The standard InChI is InChI=1S/C26H25N5O2/c1-33-23-12-8-19(9-13-23)25-28-24(29-30-25)16-27-26(32)20-6-10-22(11-7-20)31-15-14-18-4-2-3-5-21(18)17-31/h2-13H,14-17H2,1H3,(H,27,32)(H,28,29,30). The maximum atomic E-state index is 12.6. The van der Waals surface area contributed by atoms with Gasteiger partial charge in [0, 0.05) is 29.9 Å². The Morgan fingerprint density at radius 3 is 2.55 bits per heavy atom. The van der Waals surface area contributed by atoms with E-state index in [1.807, 2.05) is 48.5 Å². The van der Waals surface area contributed by atoms with E-state index in [4.69, 9.17) is 4.74 Å². The minimum atomic E-state index is -0.145. The molecule has 0 spiro atoms. The minimum absolute atomic E-state index is 0.145. The maximum absolute atomic E-state index is 12.6. The van der Waals surface area contributed by atoms with Crippen molar-refractivity contribution in [3.63, 3.8) is 0 Å². The van der Waals surface area contributed by atoms with Crippen molar-refractivity contribution in [1.82, 2.24) is 20.5 Å². The molecule has 0 aliphatic carbocycles. The molecule has 2 N–H and O–H groups in total. The number of aromatic amines is 1. The predicted molar refractivity (Wildman–Crippen MR) is 127 cm³/mol. The fourth-order valence-corrected chi connectivity index (χ4v) is 4.05. The maximum Gasteiger partial charge on any atom is 0.251 e. The van der Waals surface area contributed by atoms with Gasteiger partial charge in [-0.1, -0.05) is 24.3 Å². The number of carbonyl (C=O) groups is 1. The van der Waals surface area contributed by atoms with Gasteiger partial charge in [-0.05, 0) is 66.1 Å². The fourth-order valence-electron chi connectivity index (χ4n) is 4.05. The molecule has 7 nitrogen and oxygen atoms in total. The third-order valence-corrected chi connectivity index (χ3v) is 5.92. The topological polar surface area (TPSA) is 83.1 Å². The SMILES string of the molecule is COc1ccc(-c2n[nH]c(CNC(=O)c3ccc(N4CCc5ccccc5C4)cc3)n2)cc1. The number of aromatic nitrogens is 3. The summed E-state index contributed by atoms with van der Waals surface area (Å²) in [4.78, 5) is 19.4. The van der Waals surface area contributed by atoms with Crippen molar-refractivity contribution in [3.8, 4) is 17.1 Å². The fraction of sp³-hybridized carbons (Fsp3) is 0.192. The van der Waals surface area contributed by atoms with Crippen molar-refractivity contribution >= 4 is 11.6 Å². The molecular weight excluding hydrogens is 414 g/mol. The lowest BCUT2D eigenvalue weighted by atomic mass is 9.99. The smallest absolute Gasteiger partial charge is 0.251 e. The highest BCUT2D eigenvalue weighted by Gasteiger charge is 2.16. The molecule has 0 fully saturated rings. The van der Waals surface area contributed by atoms with Gasteiger partial charge < -0.3 is 15.0 Å². The lowest BCUT2D eigenvalue weighted by Crippen LogP contribution is -2.30. The van der Waals surface area contributed by atoms with Gasteiger partial charge in [0.2, 0.25) is 0 Å². The number of methoxy groups -OCH3 is 1. The number of carbonyl (C=O) groups excluding carboxylic acids is 1. The molecule has 0 saturated carbocycles. The molecule has 2 heterocycles. The van der Waals surface area contributed by atoms with Gasteiger partial charge in [0.15, 0.2) is 5.82 Å². The van der Waals surface area contributed by atoms with Crippen LogP contribution in [0.5, 0.6) is 5.75 Å². The number of hydrogen-bond donors (Lipinski definition) is 2. The molecule has 0 radical (unpaired) electrons. The van der Waals surface area contributed by atoms with E-state index in [2.05, 4.69) is 49.7 Å². The average Bonchev–Trinajstić information content (AvgIpc) is 3.36. The van der Waals surface area contributed by atoms with E-state index in [0.29, 0.717) is 17.2 Å². The van der Waals surface area contributed by atoms with Gasteiger partial charge in [0.05, 0.1) is 13.7 Å². The van der Waals surface area contributed by atoms with Gasteiger partial charge in [-0.15, -0.1) is 0 Å². The van der Waals surface area contributed by atoms with E-state index in [-0.39, 0.29) is 12.5 Å². The summed E-state index contributed by atoms with van der Waals surface area (Å²) >= 11 is 0. The Hall–Kier alpha value is -4.13. The normalized spacial score (nSPS) is 12.8. The van der Waals surface area contributed by atoms with E-state index in [1.165, 1.54) is 11.1 Å². The molecule has 7 heteroatoms. The summed E-state index contributed by atoms with van der Waals surface area (Å²) in [5.41, 5.74) is 5.41. The first-order valence-corrected chi connectivity index (χ1v) is 11.0. The van der Waals surface area contributed by atoms with Gasteiger partial charge in [-0.25, -0.2) is 4.98 Å². The number of anilines is 1. The first-order chi connectivity index (χ1) is 16.2. The van der Waals surface area contributed by atoms with E-state index in [1.54, 1.807) is 7.11 Å². The summed E-state index contributed by atoms with van der Waals surface area (Å²) in [6.07, 6.45) is 1.04. The molecule has 0 saturated heterocycles. The molecule has 4 aromatic rings. The second-order valence-electron chi connectivity index (χ2n) is 8.00. The van der Waals surface area contributed by atoms with E-state index < -0.39 is 0 Å². The molecule has 33 heavy (non-hydrogen) atoms. The Bertz CT molecular complexity index is 1250. The predicted octanol–water partition coefficient (Wildman–Crippen LogP) is 3.97. The largest absolute Gasteiger partial charge is 0.497 e. The van der Waals surface area contributed by atoms with Crippen LogP contribution < -0.4 is 15.0 Å². The van der Waals surface area contributed by atoms with Crippen LogP contribution >= 0.6 is 0 Å². The molecule has 0 atom stereocenters. The average molecular weight is 440 g/mol. The van der Waals surface area contributed by atoms with Gasteiger partial charge in [0.25, 0.3) is 5.91 Å². The van der Waals surface area contributed by atoms with Crippen molar-refractivity contribution in [2.75, 3.05) is 18.6 Å². The summed E-state index contributed by atoms with van der Waals surface area (Å²) in [6.45, 7) is 2.14. The zero-order valence-electron chi connectivity index (χ0n) is 18.4. The van der Waals surface area contributed by atoms with Gasteiger partial charge >= 0.3 is 0 Å². The van der Waals surface area contributed by atoms with Gasteiger partial charge in [-0.2, -0.15) is 5.10 Å². The number of nitrogens with zero attached hydrogens (tertiary/aromatic N) is 3. The first-order valence-electron chi connectivity index (χ1n) is 11.0. The highest BCUT2D eigenvalue weighted by Crippen LogP contribution is 2.24. The molecule has 1 aromatic heterocycles. The van der Waals surface area contributed by atoms with Crippen LogP contribution in [-0.2, 0) is 19.5 Å². The lowest BCUT2D eigenvalue weighted by Gasteiger charge is -2.30. The molecule has 1 aliphatic rings. The van der Waals surface area contributed by atoms with Crippen LogP contribution in [-0.4, -0.2) is 34.7 Å². The van der Waals surface area contributed by atoms with Crippen LogP contribution in [0.1, 0.15) is 27.3 Å². The van der Waals surface area contributed by atoms with Crippen molar-refractivity contribution < 1.29 is 9.53 Å². The highest BCUT2D eigenvalue weighted by molar-refractivity contribution is 5.94. The number of ether oxygens (including phenoxy) is 1.